The first-order valence-corrected chi connectivity index (χ1v) is 7.71. The minimum atomic E-state index is -0.356. The first kappa shape index (κ1) is 17.7. The number of aliphatic hydroxyl groups is 1. The van der Waals surface area contributed by atoms with E-state index in [-0.39, 0.29) is 17.4 Å². The highest BCUT2D eigenvalue weighted by Crippen LogP contribution is 2.22. The van der Waals surface area contributed by atoms with Gasteiger partial charge in [-0.2, -0.15) is 0 Å². The predicted octanol–water partition coefficient (Wildman–Crippen LogP) is 3.15. The van der Waals surface area contributed by atoms with Gasteiger partial charge in [0.2, 0.25) is 5.91 Å². The zero-order valence-electron chi connectivity index (χ0n) is 14.0. The Labute approximate surface area is 129 Å². The second-order valence-corrected chi connectivity index (χ2v) is 6.90. The number of aryl methyl sites for hydroxylation is 1. The molecule has 1 atom stereocenters. The van der Waals surface area contributed by atoms with Crippen LogP contribution in [0, 0.1) is 0 Å². The van der Waals surface area contributed by atoms with Crippen molar-refractivity contribution in [1.82, 2.24) is 4.90 Å². The largest absolute Gasteiger partial charge is 0.393 e. The van der Waals surface area contributed by atoms with Crippen LogP contribution in [0.25, 0.3) is 0 Å². The molecule has 0 saturated carbocycles. The van der Waals surface area contributed by atoms with Gasteiger partial charge in [0, 0.05) is 20.0 Å². The highest BCUT2D eigenvalue weighted by molar-refractivity contribution is 5.76. The van der Waals surface area contributed by atoms with Gasteiger partial charge < -0.3 is 10.0 Å². The van der Waals surface area contributed by atoms with Crippen molar-refractivity contribution in [2.75, 3.05) is 13.6 Å². The van der Waals surface area contributed by atoms with Gasteiger partial charge >= 0.3 is 0 Å². The Morgan fingerprint density at radius 3 is 2.29 bits per heavy atom. The number of carbonyl (C=O) groups excluding carboxylic acids is 1. The number of carbonyl (C=O) groups is 1. The second-order valence-electron chi connectivity index (χ2n) is 6.90. The van der Waals surface area contributed by atoms with Crippen molar-refractivity contribution >= 4 is 5.91 Å². The second kappa shape index (κ2) is 7.60. The molecule has 0 aliphatic carbocycles. The maximum absolute atomic E-state index is 12.0. The van der Waals surface area contributed by atoms with E-state index < -0.39 is 0 Å². The van der Waals surface area contributed by atoms with Gasteiger partial charge in [-0.1, -0.05) is 45.0 Å². The highest BCUT2D eigenvalue weighted by atomic mass is 16.3. The van der Waals surface area contributed by atoms with Crippen molar-refractivity contribution < 1.29 is 9.90 Å². The zero-order valence-corrected chi connectivity index (χ0v) is 14.0. The Morgan fingerprint density at radius 2 is 1.81 bits per heavy atom. The molecule has 21 heavy (non-hydrogen) atoms. The number of nitrogens with zero attached hydrogens (tertiary/aromatic N) is 1. The fourth-order valence-corrected chi connectivity index (χ4v) is 2.12. The maximum atomic E-state index is 12.0. The summed E-state index contributed by atoms with van der Waals surface area (Å²) >= 11 is 0. The Bertz CT molecular complexity index is 443. The van der Waals surface area contributed by atoms with Crippen molar-refractivity contribution in [3.63, 3.8) is 0 Å². The molecule has 0 aliphatic heterocycles. The van der Waals surface area contributed by atoms with Crippen LogP contribution in [0.3, 0.4) is 0 Å². The van der Waals surface area contributed by atoms with E-state index in [1.807, 2.05) is 0 Å². The predicted molar refractivity (Wildman–Crippen MR) is 87.4 cm³/mol. The first-order valence-electron chi connectivity index (χ1n) is 7.71. The third-order valence-corrected chi connectivity index (χ3v) is 3.76. The maximum Gasteiger partial charge on any atom is 0.222 e. The fraction of sp³-hybridized carbons (Fsp3) is 0.611. The molecule has 0 aliphatic rings. The molecule has 0 spiro atoms. The van der Waals surface area contributed by atoms with Gasteiger partial charge in [-0.25, -0.2) is 0 Å². The number of aliphatic hydroxyl groups excluding tert-OH is 1. The van der Waals surface area contributed by atoms with Crippen LogP contribution in [0.1, 0.15) is 51.7 Å². The lowest BCUT2D eigenvalue weighted by Crippen LogP contribution is -2.29. The summed E-state index contributed by atoms with van der Waals surface area (Å²) < 4.78 is 0. The summed E-state index contributed by atoms with van der Waals surface area (Å²) in [4.78, 5) is 13.7. The van der Waals surface area contributed by atoms with Gasteiger partial charge in [-0.05, 0) is 36.3 Å². The third kappa shape index (κ3) is 6.30. The van der Waals surface area contributed by atoms with Crippen molar-refractivity contribution in [2.45, 2.75) is 58.5 Å². The van der Waals surface area contributed by atoms with Crippen LogP contribution in [0.5, 0.6) is 0 Å². The Balaban J connectivity index is 2.46. The minimum absolute atomic E-state index is 0.135. The van der Waals surface area contributed by atoms with Gasteiger partial charge in [0.25, 0.3) is 0 Å². The quantitative estimate of drug-likeness (QED) is 0.874. The first-order chi connectivity index (χ1) is 9.70. The molecule has 1 amide bonds. The molecule has 0 saturated heterocycles. The average Bonchev–Trinajstić information content (AvgIpc) is 2.41. The van der Waals surface area contributed by atoms with Gasteiger partial charge in [0.05, 0.1) is 6.10 Å². The minimum Gasteiger partial charge on any atom is -0.393 e. The lowest BCUT2D eigenvalue weighted by atomic mass is 9.86. The molecular weight excluding hydrogens is 262 g/mol. The standard InChI is InChI=1S/C18H29NO2/c1-14(20)12-13-19(5)17(21)11-8-15-6-9-16(10-7-15)18(2,3)4/h6-7,9-10,14,20H,8,11-13H2,1-5H3. The molecule has 0 radical (unpaired) electrons. The van der Waals surface area contributed by atoms with Crippen molar-refractivity contribution in [3.05, 3.63) is 35.4 Å². The molecular formula is C18H29NO2. The van der Waals surface area contributed by atoms with E-state index in [1.165, 1.54) is 11.1 Å². The number of rotatable bonds is 6. The molecule has 1 aromatic rings. The third-order valence-electron chi connectivity index (χ3n) is 3.76. The topological polar surface area (TPSA) is 40.5 Å². The van der Waals surface area contributed by atoms with Crippen LogP contribution in [0.4, 0.5) is 0 Å². The molecule has 1 aromatic carbocycles. The summed E-state index contributed by atoms with van der Waals surface area (Å²) in [5, 5.41) is 9.24. The van der Waals surface area contributed by atoms with Crippen LogP contribution in [0.15, 0.2) is 24.3 Å². The number of benzene rings is 1. The molecule has 118 valence electrons. The van der Waals surface area contributed by atoms with Gasteiger partial charge in [0.1, 0.15) is 0 Å². The Morgan fingerprint density at radius 1 is 1.24 bits per heavy atom. The summed E-state index contributed by atoms with van der Waals surface area (Å²) in [7, 11) is 1.80. The zero-order chi connectivity index (χ0) is 16.0. The molecule has 1 N–H and O–H groups in total. The van der Waals surface area contributed by atoms with Crippen LogP contribution in [-0.4, -0.2) is 35.6 Å². The summed E-state index contributed by atoms with van der Waals surface area (Å²) in [5.41, 5.74) is 2.67. The molecule has 3 nitrogen and oxygen atoms in total. The molecule has 0 heterocycles. The molecule has 0 fully saturated rings. The number of hydrogen-bond acceptors (Lipinski definition) is 2. The van der Waals surface area contributed by atoms with E-state index >= 15 is 0 Å². The van der Waals surface area contributed by atoms with E-state index in [4.69, 9.17) is 0 Å². The number of hydrogen-bond donors (Lipinski definition) is 1. The number of amides is 1. The van der Waals surface area contributed by atoms with E-state index in [9.17, 15) is 9.90 Å². The van der Waals surface area contributed by atoms with Crippen LogP contribution < -0.4 is 0 Å². The van der Waals surface area contributed by atoms with Crippen molar-refractivity contribution in [3.8, 4) is 0 Å². The molecule has 3 heteroatoms. The Hall–Kier alpha value is -1.35. The van der Waals surface area contributed by atoms with Crippen molar-refractivity contribution in [1.29, 1.82) is 0 Å². The lowest BCUT2D eigenvalue weighted by Gasteiger charge is -2.20. The van der Waals surface area contributed by atoms with E-state index in [0.29, 0.717) is 19.4 Å². The molecule has 0 aromatic heterocycles. The Kier molecular flexibility index (Phi) is 6.41. The fourth-order valence-electron chi connectivity index (χ4n) is 2.12. The molecule has 0 bridgehead atoms. The van der Waals surface area contributed by atoms with Gasteiger partial charge in [-0.3, -0.25) is 4.79 Å². The van der Waals surface area contributed by atoms with E-state index in [0.717, 1.165) is 6.42 Å². The summed E-state index contributed by atoms with van der Waals surface area (Å²) in [5.74, 6) is 0.135. The van der Waals surface area contributed by atoms with Crippen LogP contribution in [-0.2, 0) is 16.6 Å². The van der Waals surface area contributed by atoms with Crippen molar-refractivity contribution in [2.24, 2.45) is 0 Å². The normalized spacial score (nSPS) is 13.0. The van der Waals surface area contributed by atoms with Crippen LogP contribution >= 0.6 is 0 Å². The summed E-state index contributed by atoms with van der Waals surface area (Å²) in [6.45, 7) is 8.95. The van der Waals surface area contributed by atoms with Gasteiger partial charge in [0.15, 0.2) is 0 Å². The molecule has 1 unspecified atom stereocenters. The SMILES string of the molecule is CC(O)CCN(C)C(=O)CCc1ccc(C(C)(C)C)cc1. The highest BCUT2D eigenvalue weighted by Gasteiger charge is 2.13. The smallest absolute Gasteiger partial charge is 0.222 e. The lowest BCUT2D eigenvalue weighted by molar-refractivity contribution is -0.130. The molecule has 1 rings (SSSR count). The van der Waals surface area contributed by atoms with Gasteiger partial charge in [-0.15, -0.1) is 0 Å². The van der Waals surface area contributed by atoms with E-state index in [2.05, 4.69) is 45.0 Å². The summed E-state index contributed by atoms with van der Waals surface area (Å²) in [6, 6.07) is 8.53. The van der Waals surface area contributed by atoms with E-state index in [1.54, 1.807) is 18.9 Å². The average molecular weight is 291 g/mol. The van der Waals surface area contributed by atoms with Crippen LogP contribution in [0.2, 0.25) is 0 Å². The monoisotopic (exact) mass is 291 g/mol. The summed E-state index contributed by atoms with van der Waals surface area (Å²) in [6.07, 6.45) is 1.56.